The van der Waals surface area contributed by atoms with E-state index in [1.165, 1.54) is 42.8 Å². The second-order valence-electron chi connectivity index (χ2n) is 7.56. The number of nitrogens with zero attached hydrogens (tertiary/aromatic N) is 5. The number of carbonyl (C=O) groups is 1. The fraction of sp³-hybridized carbons (Fsp3) is 0.429. The van der Waals surface area contributed by atoms with Crippen molar-refractivity contribution in [3.63, 3.8) is 0 Å². The number of hydrogen-bond donors (Lipinski definition) is 1. The number of ether oxygens (including phenoxy) is 2. The van der Waals surface area contributed by atoms with E-state index < -0.39 is 15.9 Å². The van der Waals surface area contributed by atoms with Crippen LogP contribution in [-0.2, 0) is 19.5 Å². The Bertz CT molecular complexity index is 1180. The number of benzene rings is 1. The largest absolute Gasteiger partial charge is 0.401 e. The Kier molecular flexibility index (Phi) is 8.50. The van der Waals surface area contributed by atoms with Crippen LogP contribution in [0.15, 0.2) is 45.8 Å². The first-order valence-electron chi connectivity index (χ1n) is 10.5. The summed E-state index contributed by atoms with van der Waals surface area (Å²) in [5.41, 5.74) is 0.714. The number of carbonyl (C=O) groups excluding carboxylic acids is 1. The standard InChI is InChI=1S/C21H28N6O6S/c1-15(2)27-10-9-18(25-27)20-23-24-21(33-20)22-19(28)16-5-7-17(8-6-16)34(29,30)26(11-13-31-3)12-14-32-4/h5-10,15H,11-14H2,1-4H3,(H,22,24,28). The van der Waals surface area contributed by atoms with E-state index in [0.29, 0.717) is 5.69 Å². The molecule has 0 saturated carbocycles. The van der Waals surface area contributed by atoms with Crippen LogP contribution in [0.3, 0.4) is 0 Å². The number of nitrogens with one attached hydrogen (secondary N) is 1. The Hall–Kier alpha value is -3.13. The minimum absolute atomic E-state index is 0.0528. The Morgan fingerprint density at radius 2 is 1.74 bits per heavy atom. The highest BCUT2D eigenvalue weighted by Crippen LogP contribution is 2.20. The second-order valence-corrected chi connectivity index (χ2v) is 9.49. The molecule has 1 aromatic carbocycles. The third kappa shape index (κ3) is 6.05. The van der Waals surface area contributed by atoms with Crippen LogP contribution in [0, 0.1) is 0 Å². The summed E-state index contributed by atoms with van der Waals surface area (Å²) in [4.78, 5) is 12.6. The summed E-state index contributed by atoms with van der Waals surface area (Å²) in [7, 11) is -0.788. The molecule has 12 nitrogen and oxygen atoms in total. The molecule has 0 aliphatic heterocycles. The molecule has 34 heavy (non-hydrogen) atoms. The maximum atomic E-state index is 13.0. The van der Waals surface area contributed by atoms with Crippen LogP contribution in [0.5, 0.6) is 0 Å². The van der Waals surface area contributed by atoms with E-state index in [-0.39, 0.29) is 54.7 Å². The molecule has 184 valence electrons. The first kappa shape index (κ1) is 25.5. The molecule has 0 aliphatic carbocycles. The van der Waals surface area contributed by atoms with Gasteiger partial charge in [-0.05, 0) is 44.2 Å². The summed E-state index contributed by atoms with van der Waals surface area (Å²) < 4.78 is 44.5. The van der Waals surface area contributed by atoms with E-state index in [2.05, 4.69) is 20.6 Å². The first-order chi connectivity index (χ1) is 16.3. The van der Waals surface area contributed by atoms with Crippen LogP contribution < -0.4 is 5.32 Å². The molecule has 0 unspecified atom stereocenters. The van der Waals surface area contributed by atoms with Gasteiger partial charge < -0.3 is 13.9 Å². The lowest BCUT2D eigenvalue weighted by Gasteiger charge is -2.21. The highest BCUT2D eigenvalue weighted by molar-refractivity contribution is 7.89. The summed E-state index contributed by atoms with van der Waals surface area (Å²) in [5, 5.41) is 14.6. The molecule has 2 aromatic heterocycles. The number of anilines is 1. The molecule has 3 aromatic rings. The normalized spacial score (nSPS) is 11.9. The van der Waals surface area contributed by atoms with Crippen LogP contribution in [0.25, 0.3) is 11.6 Å². The van der Waals surface area contributed by atoms with Crippen molar-refractivity contribution < 1.29 is 27.1 Å². The van der Waals surface area contributed by atoms with Crippen LogP contribution in [0.4, 0.5) is 6.01 Å². The van der Waals surface area contributed by atoms with Gasteiger partial charge in [-0.3, -0.25) is 14.8 Å². The summed E-state index contributed by atoms with van der Waals surface area (Å²) in [6, 6.07) is 7.38. The lowest BCUT2D eigenvalue weighted by Crippen LogP contribution is -2.36. The summed E-state index contributed by atoms with van der Waals surface area (Å²) in [6.07, 6.45) is 1.80. The molecule has 0 saturated heterocycles. The van der Waals surface area contributed by atoms with Crippen molar-refractivity contribution in [2.24, 2.45) is 0 Å². The number of rotatable bonds is 12. The molecular weight excluding hydrogens is 464 g/mol. The van der Waals surface area contributed by atoms with Crippen molar-refractivity contribution in [2.45, 2.75) is 24.8 Å². The van der Waals surface area contributed by atoms with Crippen molar-refractivity contribution in [2.75, 3.05) is 45.8 Å². The number of aromatic nitrogens is 4. The maximum absolute atomic E-state index is 13.0. The highest BCUT2D eigenvalue weighted by atomic mass is 32.2. The molecule has 0 bridgehead atoms. The number of amides is 1. The minimum Gasteiger partial charge on any atom is -0.401 e. The molecule has 0 spiro atoms. The van der Waals surface area contributed by atoms with Gasteiger partial charge in [0.05, 0.1) is 18.1 Å². The zero-order valence-corrected chi connectivity index (χ0v) is 20.3. The van der Waals surface area contributed by atoms with E-state index in [4.69, 9.17) is 13.9 Å². The highest BCUT2D eigenvalue weighted by Gasteiger charge is 2.24. The number of hydrogen-bond acceptors (Lipinski definition) is 9. The first-order valence-corrected chi connectivity index (χ1v) is 12.0. The van der Waals surface area contributed by atoms with Gasteiger partial charge in [-0.2, -0.15) is 9.40 Å². The van der Waals surface area contributed by atoms with Crippen molar-refractivity contribution in [1.82, 2.24) is 24.3 Å². The van der Waals surface area contributed by atoms with Crippen molar-refractivity contribution in [1.29, 1.82) is 0 Å². The Morgan fingerprint density at radius 3 is 2.29 bits per heavy atom. The number of methoxy groups -OCH3 is 2. The van der Waals surface area contributed by atoms with Gasteiger partial charge in [-0.25, -0.2) is 8.42 Å². The predicted octanol–water partition coefficient (Wildman–Crippen LogP) is 2.05. The lowest BCUT2D eigenvalue weighted by molar-refractivity contribution is 0.102. The smallest absolute Gasteiger partial charge is 0.322 e. The molecule has 0 atom stereocenters. The molecule has 1 N–H and O–H groups in total. The van der Waals surface area contributed by atoms with E-state index in [1.807, 2.05) is 13.8 Å². The van der Waals surface area contributed by atoms with Gasteiger partial charge in [-0.1, -0.05) is 5.10 Å². The van der Waals surface area contributed by atoms with E-state index >= 15 is 0 Å². The molecule has 0 fully saturated rings. The van der Waals surface area contributed by atoms with Crippen LogP contribution in [-0.4, -0.2) is 79.1 Å². The average molecular weight is 493 g/mol. The van der Waals surface area contributed by atoms with E-state index in [0.717, 1.165) is 0 Å². The topological polar surface area (TPSA) is 142 Å². The van der Waals surface area contributed by atoms with E-state index in [9.17, 15) is 13.2 Å². The number of sulfonamides is 1. The van der Waals surface area contributed by atoms with Gasteiger partial charge in [-0.15, -0.1) is 5.10 Å². The Morgan fingerprint density at radius 1 is 1.09 bits per heavy atom. The second kappa shape index (κ2) is 11.3. The molecule has 3 rings (SSSR count). The average Bonchev–Trinajstić information content (AvgIpc) is 3.49. The maximum Gasteiger partial charge on any atom is 0.322 e. The summed E-state index contributed by atoms with van der Waals surface area (Å²) in [6.45, 7) is 4.83. The van der Waals surface area contributed by atoms with Crippen molar-refractivity contribution in [3.8, 4) is 11.6 Å². The molecule has 1 amide bonds. The zero-order chi connectivity index (χ0) is 24.7. The van der Waals surface area contributed by atoms with Gasteiger partial charge in [0.15, 0.2) is 0 Å². The van der Waals surface area contributed by atoms with Gasteiger partial charge in [0.25, 0.3) is 11.8 Å². The molecule has 13 heteroatoms. The molecule has 0 radical (unpaired) electrons. The Labute approximate surface area is 197 Å². The SMILES string of the molecule is COCCN(CCOC)S(=O)(=O)c1ccc(C(=O)Nc2nnc(-c3ccn(C(C)C)n3)o2)cc1. The van der Waals surface area contributed by atoms with Gasteiger partial charge in [0.2, 0.25) is 10.0 Å². The Balaban J connectivity index is 1.69. The third-order valence-electron chi connectivity index (χ3n) is 4.85. The third-order valence-corrected chi connectivity index (χ3v) is 6.76. The van der Waals surface area contributed by atoms with Crippen LogP contribution in [0.2, 0.25) is 0 Å². The van der Waals surface area contributed by atoms with Gasteiger partial charge in [0.1, 0.15) is 5.69 Å². The predicted molar refractivity (Wildman–Crippen MR) is 123 cm³/mol. The molecule has 0 aliphatic rings. The minimum atomic E-state index is -3.79. The summed E-state index contributed by atoms with van der Waals surface area (Å²) in [5.74, 6) is -0.356. The molecule has 2 heterocycles. The fourth-order valence-electron chi connectivity index (χ4n) is 2.95. The monoisotopic (exact) mass is 492 g/mol. The lowest BCUT2D eigenvalue weighted by atomic mass is 10.2. The summed E-state index contributed by atoms with van der Waals surface area (Å²) >= 11 is 0. The van der Waals surface area contributed by atoms with Gasteiger partial charge >= 0.3 is 6.01 Å². The van der Waals surface area contributed by atoms with Crippen LogP contribution >= 0.6 is 0 Å². The van der Waals surface area contributed by atoms with Crippen LogP contribution in [0.1, 0.15) is 30.2 Å². The van der Waals surface area contributed by atoms with Gasteiger partial charge in [0, 0.05) is 45.1 Å². The van der Waals surface area contributed by atoms with Crippen molar-refractivity contribution >= 4 is 21.9 Å². The van der Waals surface area contributed by atoms with Crippen molar-refractivity contribution in [3.05, 3.63) is 42.1 Å². The quantitative estimate of drug-likeness (QED) is 0.402. The van der Waals surface area contributed by atoms with E-state index in [1.54, 1.807) is 16.9 Å². The zero-order valence-electron chi connectivity index (χ0n) is 19.5. The molecular formula is C21H28N6O6S. The fourth-order valence-corrected chi connectivity index (χ4v) is 4.36.